The van der Waals surface area contributed by atoms with Crippen LogP contribution in [0.5, 0.6) is 0 Å². The van der Waals surface area contributed by atoms with Crippen LogP contribution in [0.4, 0.5) is 5.69 Å². The van der Waals surface area contributed by atoms with Gasteiger partial charge in [-0.1, -0.05) is 29.8 Å². The summed E-state index contributed by atoms with van der Waals surface area (Å²) in [4.78, 5) is 16.8. The smallest absolute Gasteiger partial charge is 0.408 e. The summed E-state index contributed by atoms with van der Waals surface area (Å²) in [7, 11) is 0. The molecule has 2 heterocycles. The molecule has 6 heteroatoms. The zero-order valence-electron chi connectivity index (χ0n) is 13.2. The molecular weight excluding hydrogens is 326 g/mol. The van der Waals surface area contributed by atoms with Crippen molar-refractivity contribution in [2.75, 3.05) is 31.1 Å². The maximum atomic E-state index is 12.1. The van der Waals surface area contributed by atoms with Gasteiger partial charge in [-0.2, -0.15) is 0 Å². The average Bonchev–Trinajstić information content (AvgIpc) is 2.92. The monoisotopic (exact) mass is 343 g/mol. The number of halogens is 1. The molecule has 1 fully saturated rings. The maximum absolute atomic E-state index is 12.1. The molecule has 0 bridgehead atoms. The van der Waals surface area contributed by atoms with E-state index in [9.17, 15) is 4.79 Å². The van der Waals surface area contributed by atoms with Crippen LogP contribution in [0.15, 0.2) is 57.7 Å². The molecule has 0 N–H and O–H groups in total. The molecule has 0 radical (unpaired) electrons. The SMILES string of the molecule is O=c1oc2ccc(Cl)cc2n1CN1CCN(c2ccccc2)CC1. The minimum absolute atomic E-state index is 0.335. The predicted molar refractivity (Wildman–Crippen MR) is 95.7 cm³/mol. The van der Waals surface area contributed by atoms with Gasteiger partial charge in [-0.3, -0.25) is 9.47 Å². The van der Waals surface area contributed by atoms with Gasteiger partial charge in [0.25, 0.3) is 0 Å². The Balaban J connectivity index is 1.49. The lowest BCUT2D eigenvalue weighted by Gasteiger charge is -2.36. The normalized spacial score (nSPS) is 16.0. The quantitative estimate of drug-likeness (QED) is 0.733. The first-order valence-electron chi connectivity index (χ1n) is 8.02. The number of hydrogen-bond acceptors (Lipinski definition) is 4. The summed E-state index contributed by atoms with van der Waals surface area (Å²) in [6, 6.07) is 15.7. The second-order valence-electron chi connectivity index (χ2n) is 5.99. The molecule has 0 amide bonds. The van der Waals surface area contributed by atoms with Crippen LogP contribution in [0.3, 0.4) is 0 Å². The van der Waals surface area contributed by atoms with Crippen LogP contribution in [0.1, 0.15) is 0 Å². The van der Waals surface area contributed by atoms with E-state index in [4.69, 9.17) is 16.0 Å². The molecule has 2 aromatic carbocycles. The van der Waals surface area contributed by atoms with E-state index >= 15 is 0 Å². The Hall–Kier alpha value is -2.24. The Kier molecular flexibility index (Phi) is 4.04. The van der Waals surface area contributed by atoms with E-state index in [1.54, 1.807) is 22.8 Å². The first-order chi connectivity index (χ1) is 11.7. The van der Waals surface area contributed by atoms with Crippen molar-refractivity contribution in [1.29, 1.82) is 0 Å². The van der Waals surface area contributed by atoms with Crippen molar-refractivity contribution in [1.82, 2.24) is 9.47 Å². The molecule has 0 atom stereocenters. The average molecular weight is 344 g/mol. The Morgan fingerprint density at radius 3 is 2.50 bits per heavy atom. The summed E-state index contributed by atoms with van der Waals surface area (Å²) >= 11 is 6.05. The summed E-state index contributed by atoms with van der Waals surface area (Å²) in [6.45, 7) is 4.20. The molecular formula is C18H18ClN3O2. The molecule has 5 nitrogen and oxygen atoms in total. The van der Waals surface area contributed by atoms with E-state index in [0.29, 0.717) is 17.3 Å². The number of nitrogens with zero attached hydrogens (tertiary/aromatic N) is 3. The Bertz CT molecular complexity index is 896. The Labute approximate surface area is 144 Å². The van der Waals surface area contributed by atoms with Crippen molar-refractivity contribution in [3.05, 3.63) is 64.1 Å². The minimum atomic E-state index is -0.335. The third kappa shape index (κ3) is 2.92. The van der Waals surface area contributed by atoms with Gasteiger partial charge in [0.15, 0.2) is 5.58 Å². The van der Waals surface area contributed by atoms with Gasteiger partial charge in [0, 0.05) is 36.9 Å². The van der Waals surface area contributed by atoms with E-state index in [2.05, 4.69) is 34.1 Å². The molecule has 1 aromatic heterocycles. The first-order valence-corrected chi connectivity index (χ1v) is 8.40. The highest BCUT2D eigenvalue weighted by molar-refractivity contribution is 6.31. The summed E-state index contributed by atoms with van der Waals surface area (Å²) in [5.74, 6) is -0.335. The highest BCUT2D eigenvalue weighted by Crippen LogP contribution is 2.20. The number of para-hydroxylation sites is 1. The van der Waals surface area contributed by atoms with E-state index in [1.165, 1.54) is 5.69 Å². The zero-order chi connectivity index (χ0) is 16.5. The standard InChI is InChI=1S/C18H18ClN3O2/c19-14-6-7-17-16(12-14)22(18(23)24-17)13-20-8-10-21(11-9-20)15-4-2-1-3-5-15/h1-7,12H,8-11,13H2. The number of aromatic nitrogens is 1. The second kappa shape index (κ2) is 6.34. The van der Waals surface area contributed by atoms with E-state index in [-0.39, 0.29) is 5.76 Å². The summed E-state index contributed by atoms with van der Waals surface area (Å²) in [5.41, 5.74) is 2.57. The van der Waals surface area contributed by atoms with Gasteiger partial charge >= 0.3 is 5.76 Å². The summed E-state index contributed by atoms with van der Waals surface area (Å²) in [5, 5.41) is 0.603. The number of hydrogen-bond donors (Lipinski definition) is 0. The van der Waals surface area contributed by atoms with Crippen molar-refractivity contribution in [2.45, 2.75) is 6.67 Å². The molecule has 1 aliphatic heterocycles. The van der Waals surface area contributed by atoms with Crippen LogP contribution in [-0.2, 0) is 6.67 Å². The van der Waals surface area contributed by atoms with Crippen LogP contribution >= 0.6 is 11.6 Å². The van der Waals surface area contributed by atoms with Crippen LogP contribution in [0, 0.1) is 0 Å². The molecule has 24 heavy (non-hydrogen) atoms. The Morgan fingerprint density at radius 2 is 1.75 bits per heavy atom. The molecule has 3 aromatic rings. The first kappa shape index (κ1) is 15.3. The molecule has 124 valence electrons. The topological polar surface area (TPSA) is 41.6 Å². The molecule has 0 aliphatic carbocycles. The highest BCUT2D eigenvalue weighted by atomic mass is 35.5. The number of rotatable bonds is 3. The van der Waals surface area contributed by atoms with Gasteiger partial charge < -0.3 is 9.32 Å². The van der Waals surface area contributed by atoms with Gasteiger partial charge in [0.1, 0.15) is 0 Å². The second-order valence-corrected chi connectivity index (χ2v) is 6.43. The number of anilines is 1. The van der Waals surface area contributed by atoms with Gasteiger partial charge in [-0.25, -0.2) is 4.79 Å². The number of benzene rings is 2. The van der Waals surface area contributed by atoms with E-state index < -0.39 is 0 Å². The fourth-order valence-corrected chi connectivity index (χ4v) is 3.32. The van der Waals surface area contributed by atoms with Crippen LogP contribution in [0.25, 0.3) is 11.1 Å². The fourth-order valence-electron chi connectivity index (χ4n) is 3.16. The lowest BCUT2D eigenvalue weighted by Crippen LogP contribution is -2.47. The van der Waals surface area contributed by atoms with Gasteiger partial charge in [0.2, 0.25) is 0 Å². The molecule has 1 aliphatic rings. The third-order valence-corrected chi connectivity index (χ3v) is 4.70. The number of oxazole rings is 1. The molecule has 1 saturated heterocycles. The van der Waals surface area contributed by atoms with Crippen LogP contribution in [0.2, 0.25) is 5.02 Å². The van der Waals surface area contributed by atoms with Crippen molar-refractivity contribution < 1.29 is 4.42 Å². The van der Waals surface area contributed by atoms with Crippen molar-refractivity contribution >= 4 is 28.4 Å². The lowest BCUT2D eigenvalue weighted by molar-refractivity contribution is 0.202. The van der Waals surface area contributed by atoms with Crippen LogP contribution in [-0.4, -0.2) is 35.6 Å². The van der Waals surface area contributed by atoms with E-state index in [0.717, 1.165) is 31.7 Å². The molecule has 0 spiro atoms. The molecule has 4 rings (SSSR count). The summed E-state index contributed by atoms with van der Waals surface area (Å²) in [6.07, 6.45) is 0. The van der Waals surface area contributed by atoms with Crippen LogP contribution < -0.4 is 10.7 Å². The van der Waals surface area contributed by atoms with Crippen molar-refractivity contribution in [3.63, 3.8) is 0 Å². The number of fused-ring (bicyclic) bond motifs is 1. The number of piperazine rings is 1. The maximum Gasteiger partial charge on any atom is 0.421 e. The van der Waals surface area contributed by atoms with Gasteiger partial charge in [-0.05, 0) is 30.3 Å². The molecule has 0 unspecified atom stereocenters. The molecule has 0 saturated carbocycles. The van der Waals surface area contributed by atoms with Gasteiger partial charge in [0.05, 0.1) is 12.2 Å². The third-order valence-electron chi connectivity index (χ3n) is 4.46. The van der Waals surface area contributed by atoms with Crippen molar-refractivity contribution in [3.8, 4) is 0 Å². The fraction of sp³-hybridized carbons (Fsp3) is 0.278. The van der Waals surface area contributed by atoms with Gasteiger partial charge in [-0.15, -0.1) is 0 Å². The van der Waals surface area contributed by atoms with E-state index in [1.807, 2.05) is 6.07 Å². The van der Waals surface area contributed by atoms with Crippen molar-refractivity contribution in [2.24, 2.45) is 0 Å². The predicted octanol–water partition coefficient (Wildman–Crippen LogP) is 3.03. The lowest BCUT2D eigenvalue weighted by atomic mass is 10.2. The largest absolute Gasteiger partial charge is 0.421 e. The highest BCUT2D eigenvalue weighted by Gasteiger charge is 2.19. The Morgan fingerprint density at radius 1 is 1.00 bits per heavy atom. The minimum Gasteiger partial charge on any atom is -0.408 e. The zero-order valence-corrected chi connectivity index (χ0v) is 13.9. The summed E-state index contributed by atoms with van der Waals surface area (Å²) < 4.78 is 6.95.